The van der Waals surface area contributed by atoms with Crippen molar-refractivity contribution in [2.75, 3.05) is 50.0 Å². The van der Waals surface area contributed by atoms with E-state index in [1.165, 1.54) is 69.2 Å². The lowest BCUT2D eigenvalue weighted by atomic mass is 10.2. The summed E-state index contributed by atoms with van der Waals surface area (Å²) >= 11 is 4.33. The molecule has 2 rings (SSSR count). The van der Waals surface area contributed by atoms with Gasteiger partial charge in [0.15, 0.2) is 0 Å². The smallest absolute Gasteiger partial charge is 0.00728 e. The molecule has 16 heavy (non-hydrogen) atoms. The van der Waals surface area contributed by atoms with Crippen molar-refractivity contribution in [2.45, 2.75) is 24.5 Å². The van der Waals surface area contributed by atoms with Gasteiger partial charge in [-0.05, 0) is 44.6 Å². The van der Waals surface area contributed by atoms with Crippen LogP contribution in [0.2, 0.25) is 0 Å². The number of thioether (sulfide) groups is 2. The molecule has 0 unspecified atom stereocenters. The number of hydrogen-bond donors (Lipinski definition) is 1. The van der Waals surface area contributed by atoms with Crippen LogP contribution < -0.4 is 5.32 Å². The second-order valence-corrected chi connectivity index (χ2v) is 7.26. The maximum absolute atomic E-state index is 3.44. The number of nitrogens with one attached hydrogen (secondary N) is 1. The van der Waals surface area contributed by atoms with Crippen molar-refractivity contribution in [2.24, 2.45) is 0 Å². The normalized spacial score (nSPS) is 25.5. The minimum atomic E-state index is 0.933. The molecule has 2 heterocycles. The molecule has 0 aromatic heterocycles. The van der Waals surface area contributed by atoms with Gasteiger partial charge in [0.25, 0.3) is 0 Å². The molecule has 2 aliphatic rings. The van der Waals surface area contributed by atoms with Gasteiger partial charge in [-0.3, -0.25) is 0 Å². The SMILES string of the molecule is C1CSCCN(CCSC2CCNCC2)C1. The predicted molar refractivity (Wildman–Crippen MR) is 76.7 cm³/mol. The highest BCUT2D eigenvalue weighted by Gasteiger charge is 2.14. The fourth-order valence-corrected chi connectivity index (χ4v) is 4.52. The van der Waals surface area contributed by atoms with Gasteiger partial charge in [0.2, 0.25) is 0 Å². The van der Waals surface area contributed by atoms with Gasteiger partial charge in [-0.25, -0.2) is 0 Å². The van der Waals surface area contributed by atoms with Crippen molar-refractivity contribution in [3.63, 3.8) is 0 Å². The van der Waals surface area contributed by atoms with Crippen LogP contribution in [0, 0.1) is 0 Å². The maximum atomic E-state index is 3.44. The van der Waals surface area contributed by atoms with E-state index < -0.39 is 0 Å². The average Bonchev–Trinajstić information content (AvgIpc) is 2.59. The van der Waals surface area contributed by atoms with Gasteiger partial charge in [0, 0.05) is 29.8 Å². The average molecular weight is 260 g/mol. The summed E-state index contributed by atoms with van der Waals surface area (Å²) in [5.41, 5.74) is 0. The molecule has 0 aromatic rings. The van der Waals surface area contributed by atoms with Crippen molar-refractivity contribution in [3.8, 4) is 0 Å². The summed E-state index contributed by atoms with van der Waals surface area (Å²) in [5.74, 6) is 4.06. The van der Waals surface area contributed by atoms with E-state index >= 15 is 0 Å². The van der Waals surface area contributed by atoms with Crippen LogP contribution in [0.3, 0.4) is 0 Å². The quantitative estimate of drug-likeness (QED) is 0.830. The summed E-state index contributed by atoms with van der Waals surface area (Å²) in [7, 11) is 0. The Morgan fingerprint density at radius 2 is 2.06 bits per heavy atom. The Bertz CT molecular complexity index is 176. The first-order valence-electron chi connectivity index (χ1n) is 6.57. The summed E-state index contributed by atoms with van der Waals surface area (Å²) in [6.45, 7) is 6.43. The van der Waals surface area contributed by atoms with Crippen LogP contribution in [0.5, 0.6) is 0 Å². The van der Waals surface area contributed by atoms with E-state index in [0.717, 1.165) is 5.25 Å². The molecule has 2 aliphatic heterocycles. The molecular formula is C12H24N2S2. The third-order valence-corrected chi connectivity index (χ3v) is 5.77. The lowest BCUT2D eigenvalue weighted by Crippen LogP contribution is -2.31. The standard InChI is InChI=1S/C12H24N2S2/c1-6-14(7-10-15-9-1)8-11-16-12-2-4-13-5-3-12/h12-13H,1-11H2. The van der Waals surface area contributed by atoms with Crippen LogP contribution in [0.25, 0.3) is 0 Å². The zero-order valence-corrected chi connectivity index (χ0v) is 11.8. The van der Waals surface area contributed by atoms with Crippen molar-refractivity contribution in [1.82, 2.24) is 10.2 Å². The molecule has 2 saturated heterocycles. The summed E-state index contributed by atoms with van der Waals surface area (Å²) in [6.07, 6.45) is 4.14. The zero-order chi connectivity index (χ0) is 11.1. The van der Waals surface area contributed by atoms with Crippen molar-refractivity contribution < 1.29 is 0 Å². The monoisotopic (exact) mass is 260 g/mol. The van der Waals surface area contributed by atoms with Crippen molar-refractivity contribution in [3.05, 3.63) is 0 Å². The van der Waals surface area contributed by atoms with Crippen LogP contribution in [0.1, 0.15) is 19.3 Å². The summed E-state index contributed by atoms with van der Waals surface area (Å²) in [4.78, 5) is 2.66. The van der Waals surface area contributed by atoms with E-state index in [9.17, 15) is 0 Å². The molecule has 0 spiro atoms. The Kier molecular flexibility index (Phi) is 6.41. The Labute approximate surface area is 108 Å². The molecule has 0 amide bonds. The molecule has 0 saturated carbocycles. The second-order valence-electron chi connectivity index (χ2n) is 4.63. The molecule has 1 N–H and O–H groups in total. The van der Waals surface area contributed by atoms with E-state index in [-0.39, 0.29) is 0 Å². The first-order valence-corrected chi connectivity index (χ1v) is 8.78. The van der Waals surface area contributed by atoms with Crippen LogP contribution in [-0.2, 0) is 0 Å². The van der Waals surface area contributed by atoms with E-state index in [4.69, 9.17) is 0 Å². The summed E-state index contributed by atoms with van der Waals surface area (Å²) in [5, 5.41) is 4.37. The van der Waals surface area contributed by atoms with E-state index in [1.54, 1.807) is 0 Å². The number of nitrogens with zero attached hydrogens (tertiary/aromatic N) is 1. The molecule has 0 radical (unpaired) electrons. The van der Waals surface area contributed by atoms with E-state index in [0.29, 0.717) is 0 Å². The Balaban J connectivity index is 1.55. The van der Waals surface area contributed by atoms with Gasteiger partial charge >= 0.3 is 0 Å². The lowest BCUT2D eigenvalue weighted by Gasteiger charge is -2.24. The molecule has 0 aromatic carbocycles. The first kappa shape index (κ1) is 13.1. The lowest BCUT2D eigenvalue weighted by molar-refractivity contribution is 0.314. The zero-order valence-electron chi connectivity index (χ0n) is 10.1. The van der Waals surface area contributed by atoms with Gasteiger partial charge < -0.3 is 10.2 Å². The molecule has 2 nitrogen and oxygen atoms in total. The largest absolute Gasteiger partial charge is 0.317 e. The second kappa shape index (κ2) is 7.85. The van der Waals surface area contributed by atoms with Gasteiger partial charge in [-0.2, -0.15) is 23.5 Å². The van der Waals surface area contributed by atoms with Gasteiger partial charge in [-0.1, -0.05) is 0 Å². The highest BCUT2D eigenvalue weighted by atomic mass is 32.2. The molecule has 0 aliphatic carbocycles. The predicted octanol–water partition coefficient (Wildman–Crippen LogP) is 1.91. The Morgan fingerprint density at radius 1 is 1.19 bits per heavy atom. The molecular weight excluding hydrogens is 236 g/mol. The van der Waals surface area contributed by atoms with Crippen LogP contribution in [0.15, 0.2) is 0 Å². The maximum Gasteiger partial charge on any atom is 0.00728 e. The summed E-state index contributed by atoms with van der Waals surface area (Å²) < 4.78 is 0. The minimum absolute atomic E-state index is 0.933. The van der Waals surface area contributed by atoms with Gasteiger partial charge in [-0.15, -0.1) is 0 Å². The van der Waals surface area contributed by atoms with Gasteiger partial charge in [0.1, 0.15) is 0 Å². The highest BCUT2D eigenvalue weighted by molar-refractivity contribution is 8.00. The van der Waals surface area contributed by atoms with Crippen LogP contribution in [-0.4, -0.2) is 60.1 Å². The molecule has 4 heteroatoms. The molecule has 0 atom stereocenters. The van der Waals surface area contributed by atoms with E-state index in [1.807, 2.05) is 0 Å². The minimum Gasteiger partial charge on any atom is -0.317 e. The Morgan fingerprint density at radius 3 is 2.94 bits per heavy atom. The van der Waals surface area contributed by atoms with E-state index in [2.05, 4.69) is 33.7 Å². The number of hydrogen-bond acceptors (Lipinski definition) is 4. The Hall–Kier alpha value is 0.620. The van der Waals surface area contributed by atoms with Crippen LogP contribution in [0.4, 0.5) is 0 Å². The topological polar surface area (TPSA) is 15.3 Å². The molecule has 94 valence electrons. The van der Waals surface area contributed by atoms with Gasteiger partial charge in [0.05, 0.1) is 0 Å². The third kappa shape index (κ3) is 4.86. The summed E-state index contributed by atoms with van der Waals surface area (Å²) in [6, 6.07) is 0. The fraction of sp³-hybridized carbons (Fsp3) is 1.00. The van der Waals surface area contributed by atoms with Crippen molar-refractivity contribution >= 4 is 23.5 Å². The molecule has 2 fully saturated rings. The molecule has 0 bridgehead atoms. The number of rotatable bonds is 4. The number of piperidine rings is 1. The first-order chi connectivity index (χ1) is 7.95. The fourth-order valence-electron chi connectivity index (χ4n) is 2.33. The van der Waals surface area contributed by atoms with Crippen molar-refractivity contribution in [1.29, 1.82) is 0 Å². The third-order valence-electron chi connectivity index (χ3n) is 3.36. The highest BCUT2D eigenvalue weighted by Crippen LogP contribution is 2.20. The van der Waals surface area contributed by atoms with Crippen LogP contribution >= 0.6 is 23.5 Å².